The largest absolute Gasteiger partial charge is 0.481 e. The second-order valence-electron chi connectivity index (χ2n) is 7.36. The van der Waals surface area contributed by atoms with Crippen molar-refractivity contribution < 1.29 is 9.90 Å². The Hall–Kier alpha value is -1.00. The Bertz CT molecular complexity index is 563. The van der Waals surface area contributed by atoms with Gasteiger partial charge in [-0.05, 0) is 34.8 Å². The second kappa shape index (κ2) is 8.74. The van der Waals surface area contributed by atoms with Crippen molar-refractivity contribution in [2.24, 2.45) is 5.41 Å². The lowest BCUT2D eigenvalue weighted by atomic mass is 9.95. The molecule has 4 heteroatoms. The fourth-order valence-electron chi connectivity index (χ4n) is 1.72. The molecule has 0 aromatic carbocycles. The van der Waals surface area contributed by atoms with E-state index in [1.165, 1.54) is 14.7 Å². The SMILES string of the molecule is C=C(S/C(=C\C)C(C)(C)C)c1ccc(C(C)(C)C)s1.CC(=O)O. The van der Waals surface area contributed by atoms with Gasteiger partial charge in [-0.3, -0.25) is 4.79 Å². The summed E-state index contributed by atoms with van der Waals surface area (Å²) < 4.78 is 0. The number of hydrogen-bond acceptors (Lipinski definition) is 3. The fourth-order valence-corrected chi connectivity index (χ4v) is 3.76. The molecule has 0 amide bonds. The molecular formula is C19H30O2S2. The number of carboxylic acids is 1. The Morgan fingerprint density at radius 2 is 1.70 bits per heavy atom. The fraction of sp³-hybridized carbons (Fsp3) is 0.526. The van der Waals surface area contributed by atoms with Crippen LogP contribution in [-0.2, 0) is 10.2 Å². The van der Waals surface area contributed by atoms with Crippen molar-refractivity contribution in [1.29, 1.82) is 0 Å². The van der Waals surface area contributed by atoms with Gasteiger partial charge >= 0.3 is 0 Å². The summed E-state index contributed by atoms with van der Waals surface area (Å²) in [5.74, 6) is -0.833. The molecule has 0 saturated carbocycles. The van der Waals surface area contributed by atoms with Crippen LogP contribution in [0.5, 0.6) is 0 Å². The van der Waals surface area contributed by atoms with E-state index in [-0.39, 0.29) is 10.8 Å². The first-order valence-electron chi connectivity index (χ1n) is 7.62. The highest BCUT2D eigenvalue weighted by Gasteiger charge is 2.20. The van der Waals surface area contributed by atoms with E-state index >= 15 is 0 Å². The van der Waals surface area contributed by atoms with Crippen LogP contribution < -0.4 is 0 Å². The number of carboxylic acid groups (broad SMARTS) is 1. The number of thioether (sulfide) groups is 1. The maximum atomic E-state index is 9.00. The monoisotopic (exact) mass is 354 g/mol. The lowest BCUT2D eigenvalue weighted by Crippen LogP contribution is -2.07. The third-order valence-electron chi connectivity index (χ3n) is 2.85. The maximum Gasteiger partial charge on any atom is 0.300 e. The Labute approximate surface area is 149 Å². The van der Waals surface area contributed by atoms with Gasteiger partial charge in [-0.1, -0.05) is 66.0 Å². The molecule has 130 valence electrons. The molecule has 0 saturated heterocycles. The minimum atomic E-state index is -0.833. The molecule has 1 heterocycles. The normalized spacial score (nSPS) is 12.4. The first-order valence-corrected chi connectivity index (χ1v) is 9.26. The van der Waals surface area contributed by atoms with Gasteiger partial charge in [0.1, 0.15) is 0 Å². The van der Waals surface area contributed by atoms with Crippen LogP contribution in [0, 0.1) is 5.41 Å². The van der Waals surface area contributed by atoms with Crippen LogP contribution in [0.3, 0.4) is 0 Å². The zero-order valence-electron chi connectivity index (χ0n) is 15.6. The third-order valence-corrected chi connectivity index (χ3v) is 6.09. The lowest BCUT2D eigenvalue weighted by molar-refractivity contribution is -0.134. The molecule has 0 aliphatic carbocycles. The molecule has 1 N–H and O–H groups in total. The van der Waals surface area contributed by atoms with Crippen LogP contribution >= 0.6 is 23.1 Å². The summed E-state index contributed by atoms with van der Waals surface area (Å²) in [5.41, 5.74) is 0.411. The molecule has 0 bridgehead atoms. The van der Waals surface area contributed by atoms with Gasteiger partial charge in [-0.15, -0.1) is 11.3 Å². The van der Waals surface area contributed by atoms with E-state index in [4.69, 9.17) is 9.90 Å². The number of rotatable bonds is 3. The van der Waals surface area contributed by atoms with Crippen LogP contribution in [0.25, 0.3) is 4.91 Å². The van der Waals surface area contributed by atoms with Crippen molar-refractivity contribution in [3.63, 3.8) is 0 Å². The highest BCUT2D eigenvalue weighted by Crippen LogP contribution is 2.44. The molecule has 0 spiro atoms. The molecule has 0 aliphatic heterocycles. The topological polar surface area (TPSA) is 37.3 Å². The van der Waals surface area contributed by atoms with E-state index in [1.54, 1.807) is 11.8 Å². The molecule has 0 radical (unpaired) electrons. The highest BCUT2D eigenvalue weighted by molar-refractivity contribution is 8.12. The second-order valence-corrected chi connectivity index (χ2v) is 9.58. The molecule has 1 aromatic rings. The smallest absolute Gasteiger partial charge is 0.300 e. The summed E-state index contributed by atoms with van der Waals surface area (Å²) in [5, 5.41) is 7.42. The molecule has 1 aromatic heterocycles. The Balaban J connectivity index is 0.00000108. The molecule has 0 fully saturated rings. The average Bonchev–Trinajstić information content (AvgIpc) is 2.82. The van der Waals surface area contributed by atoms with Crippen LogP contribution in [0.15, 0.2) is 29.7 Å². The predicted molar refractivity (Wildman–Crippen MR) is 106 cm³/mol. The molecule has 2 nitrogen and oxygen atoms in total. The van der Waals surface area contributed by atoms with Crippen molar-refractivity contribution >= 4 is 34.0 Å². The van der Waals surface area contributed by atoms with Crippen LogP contribution in [0.4, 0.5) is 0 Å². The highest BCUT2D eigenvalue weighted by atomic mass is 32.2. The van der Waals surface area contributed by atoms with Gasteiger partial charge in [0, 0.05) is 21.6 Å². The van der Waals surface area contributed by atoms with E-state index in [2.05, 4.69) is 73.3 Å². The van der Waals surface area contributed by atoms with Crippen molar-refractivity contribution in [1.82, 2.24) is 0 Å². The number of carbonyl (C=O) groups is 1. The number of aliphatic carboxylic acids is 1. The third kappa shape index (κ3) is 8.42. The van der Waals surface area contributed by atoms with Crippen molar-refractivity contribution in [2.75, 3.05) is 0 Å². The first kappa shape index (κ1) is 22.0. The van der Waals surface area contributed by atoms with Crippen molar-refractivity contribution in [3.8, 4) is 0 Å². The minimum Gasteiger partial charge on any atom is -0.481 e. The summed E-state index contributed by atoms with van der Waals surface area (Å²) in [7, 11) is 0. The standard InChI is InChI=1S/C17H26S2.C2H4O2/c1-9-14(16(3,4)5)18-12(2)13-10-11-15(19-13)17(6,7)8;1-2(3)4/h9-11H,2H2,1,3-8H3;1H3,(H,3,4)/b14-9-;. The quantitative estimate of drug-likeness (QED) is 0.649. The van der Waals surface area contributed by atoms with Gasteiger partial charge in [-0.25, -0.2) is 0 Å². The van der Waals surface area contributed by atoms with Crippen molar-refractivity contribution in [2.45, 2.75) is 60.8 Å². The Morgan fingerprint density at radius 3 is 2.00 bits per heavy atom. The number of hydrogen-bond donors (Lipinski definition) is 1. The van der Waals surface area contributed by atoms with E-state index < -0.39 is 5.97 Å². The van der Waals surface area contributed by atoms with E-state index in [9.17, 15) is 0 Å². The molecule has 0 unspecified atom stereocenters. The minimum absolute atomic E-state index is 0.187. The average molecular weight is 355 g/mol. The van der Waals surface area contributed by atoms with E-state index in [0.29, 0.717) is 0 Å². The van der Waals surface area contributed by atoms with Crippen molar-refractivity contribution in [3.05, 3.63) is 39.4 Å². The molecule has 0 aliphatic rings. The van der Waals surface area contributed by atoms with Gasteiger partial charge in [0.05, 0.1) is 0 Å². The predicted octanol–water partition coefficient (Wildman–Crippen LogP) is 6.79. The summed E-state index contributed by atoms with van der Waals surface area (Å²) in [6.45, 7) is 21.0. The molecule has 0 atom stereocenters. The first-order chi connectivity index (χ1) is 10.3. The van der Waals surface area contributed by atoms with E-state index in [1.807, 2.05) is 11.3 Å². The Kier molecular flexibility index (Phi) is 8.36. The van der Waals surface area contributed by atoms with Crippen LogP contribution in [-0.4, -0.2) is 11.1 Å². The molecule has 23 heavy (non-hydrogen) atoms. The number of thiophene rings is 1. The lowest BCUT2D eigenvalue weighted by Gasteiger charge is -2.22. The van der Waals surface area contributed by atoms with Gasteiger partial charge < -0.3 is 5.11 Å². The summed E-state index contributed by atoms with van der Waals surface area (Å²) in [6, 6.07) is 4.44. The Morgan fingerprint density at radius 1 is 1.22 bits per heavy atom. The van der Waals surface area contributed by atoms with Gasteiger partial charge in [0.15, 0.2) is 0 Å². The van der Waals surface area contributed by atoms with Gasteiger partial charge in [0.2, 0.25) is 0 Å². The van der Waals surface area contributed by atoms with Crippen LogP contribution in [0.2, 0.25) is 0 Å². The zero-order valence-corrected chi connectivity index (χ0v) is 17.2. The molecular weight excluding hydrogens is 324 g/mol. The van der Waals surface area contributed by atoms with E-state index in [0.717, 1.165) is 11.8 Å². The summed E-state index contributed by atoms with van der Waals surface area (Å²) >= 11 is 3.67. The van der Waals surface area contributed by atoms with Gasteiger partial charge in [-0.2, -0.15) is 0 Å². The maximum absolute atomic E-state index is 9.00. The summed E-state index contributed by atoms with van der Waals surface area (Å²) in [6.07, 6.45) is 2.20. The number of allylic oxidation sites excluding steroid dienone is 2. The molecule has 1 rings (SSSR count). The van der Waals surface area contributed by atoms with Crippen LogP contribution in [0.1, 0.15) is 65.1 Å². The summed E-state index contributed by atoms with van der Waals surface area (Å²) in [4.78, 5) is 14.2. The van der Waals surface area contributed by atoms with Gasteiger partial charge in [0.25, 0.3) is 5.97 Å². The zero-order chi connectivity index (χ0) is 18.4.